The summed E-state index contributed by atoms with van der Waals surface area (Å²) in [7, 11) is 0. The Kier molecular flexibility index (Phi) is 4.71. The average molecular weight is 427 g/mol. The van der Waals surface area contributed by atoms with E-state index in [1.54, 1.807) is 11.3 Å². The van der Waals surface area contributed by atoms with Crippen LogP contribution in [0.25, 0.3) is 38.5 Å². The SMILES string of the molecule is c1ccc(-c2cn3c(CN4CCNCC4)csc3n2)c(-c2cnc3ccccc3n2)c1. The van der Waals surface area contributed by atoms with Crippen molar-refractivity contribution >= 4 is 27.3 Å². The second kappa shape index (κ2) is 7.85. The molecule has 7 heteroatoms. The summed E-state index contributed by atoms with van der Waals surface area (Å²) in [5, 5.41) is 5.65. The van der Waals surface area contributed by atoms with Crippen LogP contribution in [0.1, 0.15) is 5.69 Å². The minimum absolute atomic E-state index is 0.867. The first-order valence-corrected chi connectivity index (χ1v) is 11.4. The fraction of sp³-hybridized carbons (Fsp3) is 0.208. The highest BCUT2D eigenvalue weighted by Gasteiger charge is 2.17. The molecule has 0 bridgehead atoms. The standard InChI is InChI=1S/C24H22N6S/c1-2-6-19(18(5-1)22-13-26-20-7-3-4-8-21(20)27-22)23-15-30-17(16-31-24(30)28-23)14-29-11-9-25-10-12-29/h1-8,13,15-16,25H,9-12,14H2. The Labute approximate surface area is 184 Å². The van der Waals surface area contributed by atoms with Crippen molar-refractivity contribution in [2.45, 2.75) is 6.54 Å². The number of nitrogens with one attached hydrogen (secondary N) is 1. The van der Waals surface area contributed by atoms with Gasteiger partial charge in [-0.05, 0) is 12.1 Å². The van der Waals surface area contributed by atoms with Crippen molar-refractivity contribution in [2.24, 2.45) is 0 Å². The molecule has 1 saturated heterocycles. The van der Waals surface area contributed by atoms with E-state index in [4.69, 9.17) is 9.97 Å². The van der Waals surface area contributed by atoms with E-state index in [9.17, 15) is 0 Å². The van der Waals surface area contributed by atoms with Crippen LogP contribution in [0.4, 0.5) is 0 Å². The van der Waals surface area contributed by atoms with Gasteiger partial charge in [0.15, 0.2) is 4.96 Å². The van der Waals surface area contributed by atoms with Crippen LogP contribution in [-0.2, 0) is 6.54 Å². The van der Waals surface area contributed by atoms with Crippen LogP contribution in [0.5, 0.6) is 0 Å². The zero-order valence-electron chi connectivity index (χ0n) is 17.0. The summed E-state index contributed by atoms with van der Waals surface area (Å²) in [4.78, 5) is 17.9. The highest BCUT2D eigenvalue weighted by molar-refractivity contribution is 7.15. The van der Waals surface area contributed by atoms with Crippen molar-refractivity contribution < 1.29 is 0 Å². The molecule has 1 aliphatic heterocycles. The minimum Gasteiger partial charge on any atom is -0.314 e. The van der Waals surface area contributed by atoms with E-state index >= 15 is 0 Å². The zero-order chi connectivity index (χ0) is 20.6. The van der Waals surface area contributed by atoms with Gasteiger partial charge >= 0.3 is 0 Å². The normalized spacial score (nSPS) is 15.1. The number of fused-ring (bicyclic) bond motifs is 2. The van der Waals surface area contributed by atoms with Crippen LogP contribution in [-0.4, -0.2) is 50.4 Å². The number of hydrogen-bond donors (Lipinski definition) is 1. The van der Waals surface area contributed by atoms with Gasteiger partial charge in [-0.25, -0.2) is 9.97 Å². The van der Waals surface area contributed by atoms with Crippen LogP contribution >= 0.6 is 11.3 Å². The van der Waals surface area contributed by atoms with E-state index in [1.807, 2.05) is 36.5 Å². The monoisotopic (exact) mass is 426 g/mol. The molecule has 0 saturated carbocycles. The predicted molar refractivity (Wildman–Crippen MR) is 125 cm³/mol. The Morgan fingerprint density at radius 1 is 0.871 bits per heavy atom. The molecular weight excluding hydrogens is 404 g/mol. The van der Waals surface area contributed by atoms with Gasteiger partial charge in [0, 0.05) is 61.1 Å². The first-order chi connectivity index (χ1) is 15.3. The van der Waals surface area contributed by atoms with Gasteiger partial charge in [-0.2, -0.15) is 0 Å². The lowest BCUT2D eigenvalue weighted by atomic mass is 10.0. The fourth-order valence-electron chi connectivity index (χ4n) is 4.19. The molecule has 154 valence electrons. The Morgan fingerprint density at radius 3 is 2.45 bits per heavy atom. The van der Waals surface area contributed by atoms with Gasteiger partial charge in [-0.3, -0.25) is 14.3 Å². The largest absolute Gasteiger partial charge is 0.314 e. The van der Waals surface area contributed by atoms with Crippen molar-refractivity contribution in [3.63, 3.8) is 0 Å². The number of para-hydroxylation sites is 2. The number of aromatic nitrogens is 4. The maximum absolute atomic E-state index is 4.95. The Morgan fingerprint density at radius 2 is 1.61 bits per heavy atom. The van der Waals surface area contributed by atoms with Gasteiger partial charge in [0.25, 0.3) is 0 Å². The van der Waals surface area contributed by atoms with Crippen LogP contribution < -0.4 is 5.32 Å². The molecule has 5 aromatic rings. The summed E-state index contributed by atoms with van der Waals surface area (Å²) in [6.45, 7) is 5.24. The highest BCUT2D eigenvalue weighted by Crippen LogP contribution is 2.32. The Balaban J connectivity index is 1.39. The molecular formula is C24H22N6S. The van der Waals surface area contributed by atoms with E-state index in [1.165, 1.54) is 5.69 Å². The summed E-state index contributed by atoms with van der Waals surface area (Å²) >= 11 is 1.70. The fourth-order valence-corrected chi connectivity index (χ4v) is 5.05. The summed E-state index contributed by atoms with van der Waals surface area (Å²) in [6.07, 6.45) is 4.02. The molecule has 4 heterocycles. The molecule has 0 amide bonds. The lowest BCUT2D eigenvalue weighted by molar-refractivity contribution is 0.230. The van der Waals surface area contributed by atoms with Crippen molar-refractivity contribution in [1.29, 1.82) is 0 Å². The van der Waals surface area contributed by atoms with Gasteiger partial charge in [-0.1, -0.05) is 36.4 Å². The smallest absolute Gasteiger partial charge is 0.194 e. The molecule has 0 unspecified atom stereocenters. The Bertz CT molecular complexity index is 1370. The minimum atomic E-state index is 0.867. The highest BCUT2D eigenvalue weighted by atomic mass is 32.1. The van der Waals surface area contributed by atoms with Crippen LogP contribution in [0.15, 0.2) is 66.3 Å². The summed E-state index contributed by atoms with van der Waals surface area (Å²) in [5.41, 5.74) is 7.07. The molecule has 1 aliphatic rings. The molecule has 2 aromatic carbocycles. The van der Waals surface area contributed by atoms with E-state index in [0.717, 1.165) is 71.2 Å². The van der Waals surface area contributed by atoms with Gasteiger partial charge in [0.1, 0.15) is 0 Å². The molecule has 1 N–H and O–H groups in total. The van der Waals surface area contributed by atoms with Gasteiger partial charge in [0.05, 0.1) is 28.6 Å². The molecule has 0 atom stereocenters. The van der Waals surface area contributed by atoms with E-state index in [-0.39, 0.29) is 0 Å². The molecule has 31 heavy (non-hydrogen) atoms. The van der Waals surface area contributed by atoms with Crippen LogP contribution in [0.2, 0.25) is 0 Å². The lowest BCUT2D eigenvalue weighted by Gasteiger charge is -2.26. The summed E-state index contributed by atoms with van der Waals surface area (Å²) < 4.78 is 2.24. The number of piperazine rings is 1. The van der Waals surface area contributed by atoms with E-state index < -0.39 is 0 Å². The third kappa shape index (κ3) is 3.50. The lowest BCUT2D eigenvalue weighted by Crippen LogP contribution is -2.43. The quantitative estimate of drug-likeness (QED) is 0.469. The van der Waals surface area contributed by atoms with Gasteiger partial charge in [0.2, 0.25) is 0 Å². The summed E-state index contributed by atoms with van der Waals surface area (Å²) in [5.74, 6) is 0. The first-order valence-electron chi connectivity index (χ1n) is 10.6. The third-order valence-electron chi connectivity index (χ3n) is 5.81. The maximum atomic E-state index is 4.95. The molecule has 6 rings (SSSR count). The zero-order valence-corrected chi connectivity index (χ0v) is 17.8. The summed E-state index contributed by atoms with van der Waals surface area (Å²) in [6, 6.07) is 16.3. The van der Waals surface area contributed by atoms with Crippen molar-refractivity contribution in [2.75, 3.05) is 26.2 Å². The van der Waals surface area contributed by atoms with E-state index in [2.05, 4.69) is 49.4 Å². The molecule has 0 radical (unpaired) electrons. The first kappa shape index (κ1) is 18.6. The van der Waals surface area contributed by atoms with Gasteiger partial charge in [-0.15, -0.1) is 11.3 Å². The average Bonchev–Trinajstić information content (AvgIpc) is 3.41. The third-order valence-corrected chi connectivity index (χ3v) is 6.69. The topological polar surface area (TPSA) is 58.4 Å². The van der Waals surface area contributed by atoms with Crippen molar-refractivity contribution in [3.05, 3.63) is 72.0 Å². The van der Waals surface area contributed by atoms with Crippen molar-refractivity contribution in [3.8, 4) is 22.5 Å². The second-order valence-corrected chi connectivity index (χ2v) is 8.66. The molecule has 1 fully saturated rings. The number of hydrogen-bond acceptors (Lipinski definition) is 6. The molecule has 3 aromatic heterocycles. The molecule has 6 nitrogen and oxygen atoms in total. The van der Waals surface area contributed by atoms with E-state index in [0.29, 0.717) is 0 Å². The number of rotatable bonds is 4. The molecule has 0 spiro atoms. The number of thiazole rings is 1. The maximum Gasteiger partial charge on any atom is 0.194 e. The number of nitrogens with zero attached hydrogens (tertiary/aromatic N) is 5. The second-order valence-electron chi connectivity index (χ2n) is 7.82. The van der Waals surface area contributed by atoms with Crippen molar-refractivity contribution in [1.82, 2.24) is 29.6 Å². The molecule has 0 aliphatic carbocycles. The van der Waals surface area contributed by atoms with Gasteiger partial charge < -0.3 is 5.32 Å². The number of benzene rings is 2. The predicted octanol–water partition coefficient (Wildman–Crippen LogP) is 4.08. The van der Waals surface area contributed by atoms with Crippen LogP contribution in [0.3, 0.4) is 0 Å². The van der Waals surface area contributed by atoms with Crippen LogP contribution in [0, 0.1) is 0 Å². The number of imidazole rings is 1. The Hall–Kier alpha value is -3.13.